The summed E-state index contributed by atoms with van der Waals surface area (Å²) in [4.78, 5) is 0. The molecule has 0 unspecified atom stereocenters. The Balaban J connectivity index is 2.37. The van der Waals surface area contributed by atoms with Gasteiger partial charge in [0, 0.05) is 0 Å². The van der Waals surface area contributed by atoms with Crippen molar-refractivity contribution < 1.29 is 24.1 Å². The zero-order valence-electron chi connectivity index (χ0n) is 11.0. The van der Waals surface area contributed by atoms with Crippen LogP contribution in [0.3, 0.4) is 0 Å². The Labute approximate surface area is 116 Å². The van der Waals surface area contributed by atoms with Gasteiger partial charge in [0.15, 0.2) is 11.5 Å². The third-order valence-electron chi connectivity index (χ3n) is 2.86. The lowest BCUT2D eigenvalue weighted by Crippen LogP contribution is -1.97. The van der Waals surface area contributed by atoms with Gasteiger partial charge in [0.25, 0.3) is 0 Å². The predicted octanol–water partition coefficient (Wildman–Crippen LogP) is 2.61. The van der Waals surface area contributed by atoms with E-state index in [4.69, 9.17) is 14.6 Å². The highest BCUT2D eigenvalue weighted by Crippen LogP contribution is 2.34. The summed E-state index contributed by atoms with van der Waals surface area (Å²) in [7, 11) is 1.47. The van der Waals surface area contributed by atoms with Gasteiger partial charge in [-0.3, -0.25) is 0 Å². The minimum atomic E-state index is -0.532. The first kappa shape index (κ1) is 14.3. The number of aliphatic hydroxyl groups is 2. The molecule has 0 heterocycles. The fourth-order valence-electron chi connectivity index (χ4n) is 1.80. The predicted molar refractivity (Wildman–Crippen MR) is 71.3 cm³/mol. The molecule has 0 saturated heterocycles. The molecule has 0 bridgehead atoms. The van der Waals surface area contributed by atoms with Gasteiger partial charge in [-0.1, -0.05) is 12.1 Å². The Morgan fingerprint density at radius 2 is 1.80 bits per heavy atom. The second kappa shape index (κ2) is 6.36. The van der Waals surface area contributed by atoms with E-state index in [-0.39, 0.29) is 17.9 Å². The molecule has 0 saturated carbocycles. The van der Waals surface area contributed by atoms with E-state index in [1.165, 1.54) is 19.2 Å². The second-order valence-electron chi connectivity index (χ2n) is 4.12. The average molecular weight is 278 g/mol. The normalized spacial score (nSPS) is 10.4. The maximum Gasteiger partial charge on any atom is 0.169 e. The zero-order valence-corrected chi connectivity index (χ0v) is 11.0. The van der Waals surface area contributed by atoms with Crippen LogP contribution in [-0.4, -0.2) is 17.3 Å². The molecule has 2 aromatic rings. The van der Waals surface area contributed by atoms with Crippen LogP contribution in [0.15, 0.2) is 36.4 Å². The summed E-state index contributed by atoms with van der Waals surface area (Å²) < 4.78 is 24.3. The largest absolute Gasteiger partial charge is 0.493 e. The van der Waals surface area contributed by atoms with Gasteiger partial charge >= 0.3 is 0 Å². The molecule has 0 atom stereocenters. The van der Waals surface area contributed by atoms with Crippen molar-refractivity contribution in [1.82, 2.24) is 0 Å². The van der Waals surface area contributed by atoms with Crippen LogP contribution in [-0.2, 0) is 13.2 Å². The van der Waals surface area contributed by atoms with Crippen molar-refractivity contribution >= 4 is 0 Å². The summed E-state index contributed by atoms with van der Waals surface area (Å²) >= 11 is 0. The van der Waals surface area contributed by atoms with Crippen LogP contribution >= 0.6 is 0 Å². The molecule has 4 nitrogen and oxygen atoms in total. The highest BCUT2D eigenvalue weighted by atomic mass is 19.1. The number of benzene rings is 2. The maximum atomic E-state index is 13.6. The molecule has 0 amide bonds. The molecule has 106 valence electrons. The molecule has 20 heavy (non-hydrogen) atoms. The molecule has 0 fully saturated rings. The Morgan fingerprint density at radius 1 is 1.00 bits per heavy atom. The Morgan fingerprint density at radius 3 is 2.45 bits per heavy atom. The summed E-state index contributed by atoms with van der Waals surface area (Å²) in [6.07, 6.45) is 0. The Kier molecular flexibility index (Phi) is 4.55. The lowest BCUT2D eigenvalue weighted by atomic mass is 10.2. The van der Waals surface area contributed by atoms with Crippen molar-refractivity contribution in [3.63, 3.8) is 0 Å². The van der Waals surface area contributed by atoms with Crippen molar-refractivity contribution in [2.45, 2.75) is 13.2 Å². The SMILES string of the molecule is COc1cc(CO)ccc1Oc1cccc(F)c1CO. The first-order valence-corrected chi connectivity index (χ1v) is 6.03. The van der Waals surface area contributed by atoms with E-state index in [0.29, 0.717) is 17.1 Å². The van der Waals surface area contributed by atoms with E-state index in [0.717, 1.165) is 0 Å². The van der Waals surface area contributed by atoms with E-state index in [9.17, 15) is 9.50 Å². The van der Waals surface area contributed by atoms with Crippen LogP contribution < -0.4 is 9.47 Å². The van der Waals surface area contributed by atoms with Crippen molar-refractivity contribution in [3.05, 3.63) is 53.3 Å². The zero-order chi connectivity index (χ0) is 14.5. The van der Waals surface area contributed by atoms with Crippen molar-refractivity contribution in [2.75, 3.05) is 7.11 Å². The van der Waals surface area contributed by atoms with Gasteiger partial charge in [-0.15, -0.1) is 0 Å². The quantitative estimate of drug-likeness (QED) is 0.882. The van der Waals surface area contributed by atoms with E-state index in [1.807, 2.05) is 0 Å². The van der Waals surface area contributed by atoms with Crippen LogP contribution in [0.1, 0.15) is 11.1 Å². The number of rotatable bonds is 5. The van der Waals surface area contributed by atoms with Crippen LogP contribution in [0.25, 0.3) is 0 Å². The first-order chi connectivity index (χ1) is 9.69. The van der Waals surface area contributed by atoms with Gasteiger partial charge in [0.2, 0.25) is 0 Å². The molecule has 0 aliphatic rings. The summed E-state index contributed by atoms with van der Waals surface area (Å²) in [6, 6.07) is 9.25. The first-order valence-electron chi connectivity index (χ1n) is 6.03. The summed E-state index contributed by atoms with van der Waals surface area (Å²) in [5.74, 6) is 0.494. The van der Waals surface area contributed by atoms with Gasteiger partial charge in [-0.2, -0.15) is 0 Å². The molecule has 0 spiro atoms. The number of ether oxygens (including phenoxy) is 2. The van der Waals surface area contributed by atoms with Gasteiger partial charge in [-0.05, 0) is 29.8 Å². The fraction of sp³-hybridized carbons (Fsp3) is 0.200. The molecule has 2 N–H and O–H groups in total. The molecule has 0 aliphatic heterocycles. The van der Waals surface area contributed by atoms with E-state index >= 15 is 0 Å². The number of hydrogen-bond acceptors (Lipinski definition) is 4. The maximum absolute atomic E-state index is 13.6. The average Bonchev–Trinajstić information content (AvgIpc) is 2.48. The molecular formula is C15H15FO4. The molecule has 0 aromatic heterocycles. The topological polar surface area (TPSA) is 58.9 Å². The third kappa shape index (κ3) is 2.89. The van der Waals surface area contributed by atoms with Crippen molar-refractivity contribution in [2.24, 2.45) is 0 Å². The highest BCUT2D eigenvalue weighted by Gasteiger charge is 2.12. The fourth-order valence-corrected chi connectivity index (χ4v) is 1.80. The van der Waals surface area contributed by atoms with Crippen LogP contribution in [0.2, 0.25) is 0 Å². The number of halogens is 1. The Bertz CT molecular complexity index is 598. The molecule has 2 rings (SSSR count). The van der Waals surface area contributed by atoms with E-state index < -0.39 is 12.4 Å². The minimum absolute atomic E-state index is 0.0841. The number of hydrogen-bond donors (Lipinski definition) is 2. The summed E-state index contributed by atoms with van der Waals surface area (Å²) in [5.41, 5.74) is 0.761. The van der Waals surface area contributed by atoms with Gasteiger partial charge in [0.05, 0.1) is 25.9 Å². The number of methoxy groups -OCH3 is 1. The van der Waals surface area contributed by atoms with Crippen LogP contribution in [0, 0.1) is 5.82 Å². The second-order valence-corrected chi connectivity index (χ2v) is 4.12. The molecular weight excluding hydrogens is 263 g/mol. The third-order valence-corrected chi connectivity index (χ3v) is 2.86. The minimum Gasteiger partial charge on any atom is -0.493 e. The standard InChI is InChI=1S/C15H15FO4/c1-19-15-7-10(8-17)5-6-14(15)20-13-4-2-3-12(16)11(13)9-18/h2-7,17-18H,8-9H2,1H3. The van der Waals surface area contributed by atoms with Crippen molar-refractivity contribution in [3.8, 4) is 17.2 Å². The van der Waals surface area contributed by atoms with Crippen LogP contribution in [0.5, 0.6) is 17.2 Å². The number of aliphatic hydroxyl groups excluding tert-OH is 2. The molecule has 2 aromatic carbocycles. The molecule has 0 radical (unpaired) electrons. The van der Waals surface area contributed by atoms with E-state index in [1.54, 1.807) is 24.3 Å². The molecule has 5 heteroatoms. The highest BCUT2D eigenvalue weighted by molar-refractivity contribution is 5.47. The summed E-state index contributed by atoms with van der Waals surface area (Å²) in [5, 5.41) is 18.3. The summed E-state index contributed by atoms with van der Waals surface area (Å²) in [6.45, 7) is -0.572. The van der Waals surface area contributed by atoms with Gasteiger partial charge in [0.1, 0.15) is 11.6 Å². The van der Waals surface area contributed by atoms with Gasteiger partial charge < -0.3 is 19.7 Å². The van der Waals surface area contributed by atoms with E-state index in [2.05, 4.69) is 0 Å². The monoisotopic (exact) mass is 278 g/mol. The van der Waals surface area contributed by atoms with Crippen molar-refractivity contribution in [1.29, 1.82) is 0 Å². The lowest BCUT2D eigenvalue weighted by Gasteiger charge is -2.13. The lowest BCUT2D eigenvalue weighted by molar-refractivity contribution is 0.269. The molecule has 0 aliphatic carbocycles. The van der Waals surface area contributed by atoms with Gasteiger partial charge in [-0.25, -0.2) is 4.39 Å². The van der Waals surface area contributed by atoms with Crippen LogP contribution in [0.4, 0.5) is 4.39 Å². The Hall–Kier alpha value is -2.11. The smallest absolute Gasteiger partial charge is 0.169 e.